The van der Waals surface area contributed by atoms with Gasteiger partial charge < -0.3 is 15.0 Å². The fraction of sp³-hybridized carbons (Fsp3) is 0.680. The van der Waals surface area contributed by atoms with Gasteiger partial charge in [0.2, 0.25) is 5.91 Å². The molecule has 1 aromatic rings. The number of hydrogen-bond acceptors (Lipinski definition) is 3. The van der Waals surface area contributed by atoms with Gasteiger partial charge in [-0.25, -0.2) is 4.79 Å². The van der Waals surface area contributed by atoms with Crippen LogP contribution in [-0.2, 0) is 20.4 Å². The monoisotopic (exact) mass is 448 g/mol. The summed E-state index contributed by atoms with van der Waals surface area (Å²) >= 11 is 6.57. The Labute approximate surface area is 191 Å². The molecule has 0 radical (unpaired) electrons. The quantitative estimate of drug-likeness (QED) is 0.650. The van der Waals surface area contributed by atoms with E-state index in [0.29, 0.717) is 13.1 Å². The summed E-state index contributed by atoms with van der Waals surface area (Å²) in [6, 6.07) is 4.33. The van der Waals surface area contributed by atoms with E-state index in [4.69, 9.17) is 16.3 Å². The molecule has 0 saturated carbocycles. The van der Waals surface area contributed by atoms with E-state index in [0.717, 1.165) is 29.8 Å². The van der Waals surface area contributed by atoms with Crippen molar-refractivity contribution in [2.75, 3.05) is 13.1 Å². The second-order valence-corrected chi connectivity index (χ2v) is 11.6. The van der Waals surface area contributed by atoms with Crippen LogP contribution < -0.4 is 5.32 Å². The van der Waals surface area contributed by atoms with Gasteiger partial charge in [-0.3, -0.25) is 4.79 Å². The van der Waals surface area contributed by atoms with Gasteiger partial charge in [-0.15, -0.1) is 0 Å². The third-order valence-corrected chi connectivity index (χ3v) is 7.80. The van der Waals surface area contributed by atoms with Crippen LogP contribution in [0, 0.1) is 6.92 Å². The van der Waals surface area contributed by atoms with Crippen molar-refractivity contribution in [1.82, 2.24) is 10.2 Å². The van der Waals surface area contributed by atoms with Gasteiger partial charge in [0.05, 0.1) is 0 Å². The summed E-state index contributed by atoms with van der Waals surface area (Å²) < 4.78 is 5.59. The topological polar surface area (TPSA) is 58.6 Å². The molecule has 172 valence electrons. The van der Waals surface area contributed by atoms with E-state index in [1.165, 1.54) is 11.1 Å². The molecule has 1 aliphatic carbocycles. The van der Waals surface area contributed by atoms with E-state index in [9.17, 15) is 9.59 Å². The first kappa shape index (κ1) is 23.9. The third kappa shape index (κ3) is 4.30. The third-order valence-electron chi connectivity index (χ3n) is 7.40. The molecule has 2 aliphatic rings. The fourth-order valence-electron chi connectivity index (χ4n) is 5.47. The van der Waals surface area contributed by atoms with Crippen molar-refractivity contribution in [3.05, 3.63) is 33.8 Å². The average Bonchev–Trinajstić information content (AvgIpc) is 2.83. The maximum atomic E-state index is 12.6. The summed E-state index contributed by atoms with van der Waals surface area (Å²) in [5, 5.41) is 3.94. The highest BCUT2D eigenvalue weighted by atomic mass is 35.5. The van der Waals surface area contributed by atoms with Crippen molar-refractivity contribution >= 4 is 23.6 Å². The lowest BCUT2D eigenvalue weighted by atomic mass is 9.65. The molecule has 1 spiro atoms. The highest BCUT2D eigenvalue weighted by Gasteiger charge is 2.57. The Morgan fingerprint density at radius 2 is 1.68 bits per heavy atom. The standard InChI is InChI=1S/C25H37ClN2O3/c1-16-13-19-18(14-20(16)26)24(8,23(6,7)27-17(2)29)15-25(19)9-11-28(12-10-25)21(30)31-22(3,4)5/h13-14H,9-12,15H2,1-8H3,(H,27,29)/t24-/m1/s1. The van der Waals surface area contributed by atoms with Gasteiger partial charge in [-0.2, -0.15) is 0 Å². The van der Waals surface area contributed by atoms with E-state index < -0.39 is 11.1 Å². The van der Waals surface area contributed by atoms with Crippen LogP contribution in [0.4, 0.5) is 4.79 Å². The van der Waals surface area contributed by atoms with Crippen LogP contribution in [0.3, 0.4) is 0 Å². The number of piperidine rings is 1. The number of aryl methyl sites for hydroxylation is 1. The minimum atomic E-state index is -0.499. The van der Waals surface area contributed by atoms with Crippen LogP contribution in [0.15, 0.2) is 12.1 Å². The van der Waals surface area contributed by atoms with E-state index in [1.54, 1.807) is 6.92 Å². The molecule has 0 aromatic heterocycles. The number of likely N-dealkylation sites (tertiary alicyclic amines) is 1. The summed E-state index contributed by atoms with van der Waals surface area (Å²) in [4.78, 5) is 26.4. The Morgan fingerprint density at radius 3 is 2.19 bits per heavy atom. The number of amides is 2. The van der Waals surface area contributed by atoms with Crippen molar-refractivity contribution in [2.24, 2.45) is 0 Å². The zero-order valence-electron chi connectivity index (χ0n) is 20.2. The number of nitrogens with zero attached hydrogens (tertiary/aromatic N) is 1. The highest BCUT2D eigenvalue weighted by molar-refractivity contribution is 6.31. The average molecular weight is 449 g/mol. The highest BCUT2D eigenvalue weighted by Crippen LogP contribution is 2.58. The van der Waals surface area contributed by atoms with Crippen LogP contribution >= 0.6 is 11.6 Å². The van der Waals surface area contributed by atoms with E-state index in [2.05, 4.69) is 38.2 Å². The van der Waals surface area contributed by atoms with Crippen LogP contribution in [0.1, 0.15) is 84.4 Å². The molecule has 1 fully saturated rings. The molecule has 1 saturated heterocycles. The van der Waals surface area contributed by atoms with Crippen LogP contribution in [0.5, 0.6) is 0 Å². The fourth-order valence-corrected chi connectivity index (χ4v) is 5.63. The molecule has 1 aromatic carbocycles. The van der Waals surface area contributed by atoms with Crippen LogP contribution in [-0.4, -0.2) is 41.1 Å². The Bertz CT molecular complexity index is 895. The van der Waals surface area contributed by atoms with Gasteiger partial charge in [0.25, 0.3) is 0 Å². The maximum Gasteiger partial charge on any atom is 0.410 e. The number of nitrogens with one attached hydrogen (secondary N) is 1. The molecule has 1 N–H and O–H groups in total. The number of rotatable bonds is 2. The van der Waals surface area contributed by atoms with Gasteiger partial charge in [-0.1, -0.05) is 24.6 Å². The molecule has 3 rings (SSSR count). The summed E-state index contributed by atoms with van der Waals surface area (Å²) in [6.45, 7) is 17.0. The first-order valence-electron chi connectivity index (χ1n) is 11.2. The number of fused-ring (bicyclic) bond motifs is 2. The van der Waals surface area contributed by atoms with E-state index in [-0.39, 0.29) is 22.8 Å². The lowest BCUT2D eigenvalue weighted by Gasteiger charge is -2.46. The zero-order chi connectivity index (χ0) is 23.4. The molecule has 1 aliphatic heterocycles. The Balaban J connectivity index is 1.97. The smallest absolute Gasteiger partial charge is 0.410 e. The van der Waals surface area contributed by atoms with Crippen molar-refractivity contribution in [1.29, 1.82) is 0 Å². The van der Waals surface area contributed by atoms with E-state index >= 15 is 0 Å². The molecule has 31 heavy (non-hydrogen) atoms. The minimum absolute atomic E-state index is 0.0355. The summed E-state index contributed by atoms with van der Waals surface area (Å²) in [5.74, 6) is -0.0355. The number of benzene rings is 1. The van der Waals surface area contributed by atoms with Gasteiger partial charge in [-0.05, 0) is 89.0 Å². The Hall–Kier alpha value is -1.75. The first-order chi connectivity index (χ1) is 14.1. The first-order valence-corrected chi connectivity index (χ1v) is 11.6. The molecule has 6 heteroatoms. The van der Waals surface area contributed by atoms with Gasteiger partial charge in [0.1, 0.15) is 5.60 Å². The van der Waals surface area contributed by atoms with Gasteiger partial charge in [0.15, 0.2) is 0 Å². The second kappa shape index (κ2) is 7.68. The van der Waals surface area contributed by atoms with Crippen molar-refractivity contribution < 1.29 is 14.3 Å². The molecule has 2 amide bonds. The van der Waals surface area contributed by atoms with Crippen molar-refractivity contribution in [3.8, 4) is 0 Å². The maximum absolute atomic E-state index is 12.6. The lowest BCUT2D eigenvalue weighted by molar-refractivity contribution is -0.121. The summed E-state index contributed by atoms with van der Waals surface area (Å²) in [6.07, 6.45) is 2.40. The predicted octanol–water partition coefficient (Wildman–Crippen LogP) is 5.49. The predicted molar refractivity (Wildman–Crippen MR) is 125 cm³/mol. The van der Waals surface area contributed by atoms with Gasteiger partial charge in [0, 0.05) is 36.0 Å². The molecule has 5 nitrogen and oxygen atoms in total. The lowest BCUT2D eigenvalue weighted by Crippen LogP contribution is -2.57. The molecular weight excluding hydrogens is 412 g/mol. The number of hydrogen-bond donors (Lipinski definition) is 1. The number of ether oxygens (including phenoxy) is 1. The second-order valence-electron chi connectivity index (χ2n) is 11.2. The van der Waals surface area contributed by atoms with Crippen molar-refractivity contribution in [3.63, 3.8) is 0 Å². The van der Waals surface area contributed by atoms with Gasteiger partial charge >= 0.3 is 6.09 Å². The Morgan fingerprint density at radius 1 is 1.10 bits per heavy atom. The van der Waals surface area contributed by atoms with E-state index in [1.807, 2.05) is 32.6 Å². The Kier molecular flexibility index (Phi) is 5.92. The number of carbonyl (C=O) groups excluding carboxylic acids is 2. The molecular formula is C25H37ClN2O3. The molecule has 1 atom stereocenters. The largest absolute Gasteiger partial charge is 0.444 e. The molecule has 0 unspecified atom stereocenters. The normalized spacial score (nSPS) is 22.9. The summed E-state index contributed by atoms with van der Waals surface area (Å²) in [7, 11) is 0. The number of halogens is 1. The van der Waals surface area contributed by atoms with Crippen LogP contribution in [0.2, 0.25) is 5.02 Å². The van der Waals surface area contributed by atoms with Crippen LogP contribution in [0.25, 0.3) is 0 Å². The SMILES string of the molecule is CC(=O)NC(C)(C)[C@]1(C)CC2(CCN(C(=O)OC(C)(C)C)CC2)c2cc(C)c(Cl)cc21. The number of carbonyl (C=O) groups is 2. The molecule has 1 heterocycles. The minimum Gasteiger partial charge on any atom is -0.444 e. The molecule has 0 bridgehead atoms. The zero-order valence-corrected chi connectivity index (χ0v) is 21.0. The summed E-state index contributed by atoms with van der Waals surface area (Å²) in [5.41, 5.74) is 2.33. The van der Waals surface area contributed by atoms with Crippen molar-refractivity contribution in [2.45, 2.75) is 96.6 Å².